The third-order valence-corrected chi connectivity index (χ3v) is 2.18. The van der Waals surface area contributed by atoms with Gasteiger partial charge in [0.05, 0.1) is 0 Å². The topological polar surface area (TPSA) is 27.1 Å². The van der Waals surface area contributed by atoms with Gasteiger partial charge in [0.25, 0.3) is 0 Å². The third kappa shape index (κ3) is 4.19. The molecule has 0 amide bonds. The summed E-state index contributed by atoms with van der Waals surface area (Å²) >= 11 is 0. The van der Waals surface area contributed by atoms with E-state index in [0.717, 1.165) is 25.9 Å². The fraction of sp³-hybridized carbons (Fsp3) is 0.417. The molecule has 1 rings (SSSR count). The van der Waals surface area contributed by atoms with Crippen molar-refractivity contribution in [2.75, 3.05) is 13.6 Å². The van der Waals surface area contributed by atoms with Crippen LogP contribution in [0.2, 0.25) is 0 Å². The fourth-order valence-corrected chi connectivity index (χ4v) is 1.44. The predicted molar refractivity (Wildman–Crippen MR) is 60.8 cm³/mol. The minimum atomic E-state index is 0.888. The smallest absolute Gasteiger partial charge is 0.0230 e. The van der Waals surface area contributed by atoms with Crippen LogP contribution in [0.15, 0.2) is 30.3 Å². The molecule has 0 unspecified atom stereocenters. The van der Waals surface area contributed by atoms with Crippen molar-refractivity contribution >= 4 is 6.21 Å². The molecule has 2 nitrogen and oxygen atoms in total. The molecule has 0 saturated carbocycles. The van der Waals surface area contributed by atoms with Crippen molar-refractivity contribution in [3.8, 4) is 0 Å². The van der Waals surface area contributed by atoms with E-state index in [-0.39, 0.29) is 0 Å². The summed E-state index contributed by atoms with van der Waals surface area (Å²) in [7, 11) is 2.12. The van der Waals surface area contributed by atoms with Gasteiger partial charge in [-0.25, -0.2) is 0 Å². The quantitative estimate of drug-likeness (QED) is 0.541. The van der Waals surface area contributed by atoms with E-state index in [2.05, 4.69) is 36.2 Å². The number of nitrogens with one attached hydrogen (secondary N) is 1. The third-order valence-electron chi connectivity index (χ3n) is 2.18. The monoisotopic (exact) mass is 190 g/mol. The SMILES string of the molecule is CN(CCCC=N)Cc1ccccc1. The first-order valence-corrected chi connectivity index (χ1v) is 5.04. The van der Waals surface area contributed by atoms with Gasteiger partial charge in [0, 0.05) is 6.54 Å². The number of nitrogens with zero attached hydrogens (tertiary/aromatic N) is 1. The van der Waals surface area contributed by atoms with Gasteiger partial charge in [0.1, 0.15) is 0 Å². The van der Waals surface area contributed by atoms with Crippen molar-refractivity contribution in [1.29, 1.82) is 5.41 Å². The van der Waals surface area contributed by atoms with Crippen molar-refractivity contribution in [3.05, 3.63) is 35.9 Å². The van der Waals surface area contributed by atoms with Crippen LogP contribution in [0.5, 0.6) is 0 Å². The molecule has 0 heterocycles. The van der Waals surface area contributed by atoms with Crippen LogP contribution in [0, 0.1) is 5.41 Å². The molecule has 76 valence electrons. The molecule has 0 aliphatic heterocycles. The average molecular weight is 190 g/mol. The Labute approximate surface area is 86.1 Å². The standard InChI is InChI=1S/C12H18N2/c1-14(10-6-5-9-13)11-12-7-3-2-4-8-12/h2-4,7-9,13H,5-6,10-11H2,1H3. The van der Waals surface area contributed by atoms with Crippen molar-refractivity contribution in [2.24, 2.45) is 0 Å². The van der Waals surface area contributed by atoms with Gasteiger partial charge in [0.2, 0.25) is 0 Å². The van der Waals surface area contributed by atoms with E-state index in [0.29, 0.717) is 0 Å². The fourth-order valence-electron chi connectivity index (χ4n) is 1.44. The summed E-state index contributed by atoms with van der Waals surface area (Å²) in [5.41, 5.74) is 1.35. The molecule has 1 aromatic carbocycles. The molecular weight excluding hydrogens is 172 g/mol. The molecule has 0 saturated heterocycles. The molecule has 0 fully saturated rings. The maximum absolute atomic E-state index is 6.92. The summed E-state index contributed by atoms with van der Waals surface area (Å²) in [5, 5.41) is 6.92. The highest BCUT2D eigenvalue weighted by atomic mass is 15.1. The first-order chi connectivity index (χ1) is 6.83. The second kappa shape index (κ2) is 6.33. The van der Waals surface area contributed by atoms with Gasteiger partial charge >= 0.3 is 0 Å². The van der Waals surface area contributed by atoms with Crippen LogP contribution in [-0.4, -0.2) is 24.7 Å². The van der Waals surface area contributed by atoms with Gasteiger partial charge in [-0.2, -0.15) is 0 Å². The summed E-state index contributed by atoms with van der Waals surface area (Å²) in [4.78, 5) is 2.29. The van der Waals surface area contributed by atoms with Gasteiger partial charge in [-0.05, 0) is 38.2 Å². The van der Waals surface area contributed by atoms with Gasteiger partial charge in [-0.3, -0.25) is 0 Å². The number of benzene rings is 1. The lowest BCUT2D eigenvalue weighted by Gasteiger charge is -2.15. The van der Waals surface area contributed by atoms with Crippen LogP contribution in [0.1, 0.15) is 18.4 Å². The Kier molecular flexibility index (Phi) is 4.94. The van der Waals surface area contributed by atoms with Crippen molar-refractivity contribution < 1.29 is 0 Å². The van der Waals surface area contributed by atoms with Crippen LogP contribution in [-0.2, 0) is 6.54 Å². The number of unbranched alkanes of at least 4 members (excludes halogenated alkanes) is 1. The molecule has 2 heteroatoms. The average Bonchev–Trinajstić information content (AvgIpc) is 2.20. The zero-order valence-electron chi connectivity index (χ0n) is 8.74. The zero-order chi connectivity index (χ0) is 10.2. The molecule has 0 aliphatic carbocycles. The van der Waals surface area contributed by atoms with Crippen LogP contribution < -0.4 is 0 Å². The Bertz CT molecular complexity index is 256. The molecule has 0 radical (unpaired) electrons. The normalized spacial score (nSPS) is 10.4. The molecule has 0 aliphatic rings. The maximum Gasteiger partial charge on any atom is 0.0230 e. The molecular formula is C12H18N2. The summed E-state index contributed by atoms with van der Waals surface area (Å²) in [6.07, 6.45) is 3.45. The van der Waals surface area contributed by atoms with Gasteiger partial charge < -0.3 is 10.3 Å². The van der Waals surface area contributed by atoms with E-state index in [1.54, 1.807) is 0 Å². The number of hydrogen-bond acceptors (Lipinski definition) is 2. The Morgan fingerprint density at radius 2 is 2.00 bits per heavy atom. The highest BCUT2D eigenvalue weighted by Crippen LogP contribution is 2.03. The van der Waals surface area contributed by atoms with E-state index in [1.807, 2.05) is 6.07 Å². The van der Waals surface area contributed by atoms with Crippen molar-refractivity contribution in [3.63, 3.8) is 0 Å². The molecule has 0 atom stereocenters. The molecule has 0 aromatic heterocycles. The zero-order valence-corrected chi connectivity index (χ0v) is 8.74. The van der Waals surface area contributed by atoms with Crippen LogP contribution >= 0.6 is 0 Å². The highest BCUT2D eigenvalue weighted by molar-refractivity contribution is 5.52. The summed E-state index contributed by atoms with van der Waals surface area (Å²) in [6, 6.07) is 10.5. The maximum atomic E-state index is 6.92. The second-order valence-electron chi connectivity index (χ2n) is 3.57. The van der Waals surface area contributed by atoms with E-state index in [9.17, 15) is 0 Å². The largest absolute Gasteiger partial charge is 0.313 e. The lowest BCUT2D eigenvalue weighted by molar-refractivity contribution is 0.324. The van der Waals surface area contributed by atoms with E-state index < -0.39 is 0 Å². The summed E-state index contributed by atoms with van der Waals surface area (Å²) in [5.74, 6) is 0. The second-order valence-corrected chi connectivity index (χ2v) is 3.57. The Morgan fingerprint density at radius 1 is 1.29 bits per heavy atom. The lowest BCUT2D eigenvalue weighted by atomic mass is 10.2. The molecule has 0 bridgehead atoms. The molecule has 1 N–H and O–H groups in total. The number of rotatable bonds is 6. The van der Waals surface area contributed by atoms with Crippen molar-refractivity contribution in [1.82, 2.24) is 4.90 Å². The molecule has 0 spiro atoms. The van der Waals surface area contributed by atoms with Gasteiger partial charge in [0.15, 0.2) is 0 Å². The van der Waals surface area contributed by atoms with Crippen LogP contribution in [0.25, 0.3) is 0 Å². The van der Waals surface area contributed by atoms with Crippen LogP contribution in [0.4, 0.5) is 0 Å². The van der Waals surface area contributed by atoms with E-state index >= 15 is 0 Å². The summed E-state index contributed by atoms with van der Waals surface area (Å²) < 4.78 is 0. The van der Waals surface area contributed by atoms with Gasteiger partial charge in [-0.1, -0.05) is 30.3 Å². The lowest BCUT2D eigenvalue weighted by Crippen LogP contribution is -2.18. The minimum Gasteiger partial charge on any atom is -0.313 e. The molecule has 14 heavy (non-hydrogen) atoms. The Hall–Kier alpha value is -1.15. The first kappa shape index (κ1) is 10.9. The first-order valence-electron chi connectivity index (χ1n) is 5.04. The Balaban J connectivity index is 2.26. The van der Waals surface area contributed by atoms with Gasteiger partial charge in [-0.15, -0.1) is 0 Å². The predicted octanol–water partition coefficient (Wildman–Crippen LogP) is 2.55. The summed E-state index contributed by atoms with van der Waals surface area (Å²) in [6.45, 7) is 2.06. The van der Waals surface area contributed by atoms with Crippen molar-refractivity contribution in [2.45, 2.75) is 19.4 Å². The number of hydrogen-bond donors (Lipinski definition) is 1. The Morgan fingerprint density at radius 3 is 2.64 bits per heavy atom. The minimum absolute atomic E-state index is 0.888. The van der Waals surface area contributed by atoms with Crippen LogP contribution in [0.3, 0.4) is 0 Å². The highest BCUT2D eigenvalue weighted by Gasteiger charge is 1.98. The van der Waals surface area contributed by atoms with E-state index in [1.165, 1.54) is 11.8 Å². The van der Waals surface area contributed by atoms with E-state index in [4.69, 9.17) is 5.41 Å². The molecule has 1 aromatic rings.